The smallest absolute Gasteiger partial charge is 0.221 e. The summed E-state index contributed by atoms with van der Waals surface area (Å²) >= 11 is 5.27. The van der Waals surface area contributed by atoms with E-state index in [2.05, 4.69) is 0 Å². The Labute approximate surface area is 186 Å². The summed E-state index contributed by atoms with van der Waals surface area (Å²) in [6.07, 6.45) is 1.12. The van der Waals surface area contributed by atoms with Crippen LogP contribution in [0.1, 0.15) is 11.1 Å². The molecule has 0 aliphatic carbocycles. The average Bonchev–Trinajstić information content (AvgIpc) is 3.64. The number of carbonyl (C=O) groups excluding carboxylic acids is 2. The molecule has 2 aromatic rings. The molecule has 4 rings (SSSR count). The van der Waals surface area contributed by atoms with Crippen molar-refractivity contribution >= 4 is 23.4 Å². The summed E-state index contributed by atoms with van der Waals surface area (Å²) in [5.41, 5.74) is 11.7. The van der Waals surface area contributed by atoms with Gasteiger partial charge in [0.25, 0.3) is 0 Å². The molecule has 168 valence electrons. The van der Waals surface area contributed by atoms with E-state index in [0.29, 0.717) is 18.6 Å². The van der Waals surface area contributed by atoms with E-state index in [0.717, 1.165) is 30.1 Å². The molecule has 2 heterocycles. The largest absolute Gasteiger partial charge is 0.872 e. The maximum atomic E-state index is 10.7. The van der Waals surface area contributed by atoms with E-state index in [1.165, 1.54) is 12.1 Å². The third-order valence-corrected chi connectivity index (χ3v) is 4.36. The summed E-state index contributed by atoms with van der Waals surface area (Å²) in [4.78, 5) is 21.0. The summed E-state index contributed by atoms with van der Waals surface area (Å²) in [6.45, 7) is 2.26. The Balaban J connectivity index is 0.000000186. The number of hydrogen-bond donors (Lipinski definition) is 2. The first kappa shape index (κ1) is 24.5. The zero-order valence-electron chi connectivity index (χ0n) is 17.0. The van der Waals surface area contributed by atoms with E-state index in [-0.39, 0.29) is 36.5 Å². The standard InChI is InChI=1S/C11H13NO3.C8H9NO2.C3H5ClO/c12-11(13)5-8-1-3-9(4-2-8)14-6-10-7-15-10;9-8(11)5-6-1-3-7(10)4-2-6;4-1-3-2-5-3/h1-4,10H,5-7H2,(H2,12,13);1-4,10H,5H2,(H2,9,11);3H,1-2H2/p-1/t10-;;3-/m1.1/s1. The zero-order chi connectivity index (χ0) is 22.6. The van der Waals surface area contributed by atoms with Gasteiger partial charge in [-0.15, -0.1) is 17.4 Å². The molecule has 2 aliphatic rings. The van der Waals surface area contributed by atoms with Crippen LogP contribution in [0.3, 0.4) is 0 Å². The molecule has 0 aromatic heterocycles. The highest BCUT2D eigenvalue weighted by Gasteiger charge is 2.23. The highest BCUT2D eigenvalue weighted by molar-refractivity contribution is 6.18. The Morgan fingerprint density at radius 3 is 1.71 bits per heavy atom. The van der Waals surface area contributed by atoms with Gasteiger partial charge in [-0.2, -0.15) is 0 Å². The highest BCUT2D eigenvalue weighted by atomic mass is 35.5. The first-order chi connectivity index (χ1) is 14.9. The SMILES string of the molecule is ClC[C@@H]1CO1.NC(=O)Cc1ccc(OC[C@@H]2CO2)cc1.NC(=O)Cc1ccc([O-])cc1. The molecule has 2 aliphatic heterocycles. The van der Waals surface area contributed by atoms with Crippen LogP contribution in [-0.2, 0) is 31.9 Å². The van der Waals surface area contributed by atoms with Crippen molar-refractivity contribution in [3.63, 3.8) is 0 Å². The van der Waals surface area contributed by atoms with E-state index in [4.69, 9.17) is 37.3 Å². The minimum absolute atomic E-state index is 0.0572. The normalized spacial score (nSPS) is 17.8. The summed E-state index contributed by atoms with van der Waals surface area (Å²) < 4.78 is 15.2. The van der Waals surface area contributed by atoms with Gasteiger partial charge in [0.05, 0.1) is 38.0 Å². The van der Waals surface area contributed by atoms with Crippen LogP contribution in [-0.4, -0.2) is 49.7 Å². The monoisotopic (exact) mass is 449 g/mol. The van der Waals surface area contributed by atoms with Crippen LogP contribution < -0.4 is 21.3 Å². The average molecular weight is 450 g/mol. The summed E-state index contributed by atoms with van der Waals surface area (Å²) in [7, 11) is 0. The predicted molar refractivity (Wildman–Crippen MR) is 114 cm³/mol. The van der Waals surface area contributed by atoms with Crippen molar-refractivity contribution in [3.8, 4) is 11.5 Å². The van der Waals surface area contributed by atoms with Gasteiger partial charge in [0.1, 0.15) is 18.5 Å². The lowest BCUT2D eigenvalue weighted by Crippen LogP contribution is -2.13. The number of alkyl halides is 1. The van der Waals surface area contributed by atoms with Crippen molar-refractivity contribution in [1.82, 2.24) is 0 Å². The second kappa shape index (κ2) is 12.8. The molecule has 0 spiro atoms. The maximum absolute atomic E-state index is 10.7. The molecule has 4 N–H and O–H groups in total. The number of carbonyl (C=O) groups is 2. The number of amides is 2. The van der Waals surface area contributed by atoms with Crippen molar-refractivity contribution in [1.29, 1.82) is 0 Å². The molecular formula is C22H26ClN2O6-. The first-order valence-corrected chi connectivity index (χ1v) is 10.2. The van der Waals surface area contributed by atoms with Gasteiger partial charge in [-0.05, 0) is 23.3 Å². The fourth-order valence-corrected chi connectivity index (χ4v) is 2.40. The molecule has 2 fully saturated rings. The molecule has 31 heavy (non-hydrogen) atoms. The summed E-state index contributed by atoms with van der Waals surface area (Å²) in [6, 6.07) is 13.4. The molecule has 0 saturated carbocycles. The highest BCUT2D eigenvalue weighted by Crippen LogP contribution is 2.16. The molecule has 2 amide bonds. The van der Waals surface area contributed by atoms with Crippen molar-refractivity contribution in [2.45, 2.75) is 25.0 Å². The minimum Gasteiger partial charge on any atom is -0.872 e. The van der Waals surface area contributed by atoms with Gasteiger partial charge < -0.3 is 30.8 Å². The van der Waals surface area contributed by atoms with E-state index in [1.54, 1.807) is 12.1 Å². The first-order valence-electron chi connectivity index (χ1n) is 9.69. The number of epoxide rings is 2. The number of primary amides is 2. The van der Waals surface area contributed by atoms with Gasteiger partial charge >= 0.3 is 0 Å². The quantitative estimate of drug-likeness (QED) is 0.452. The second-order valence-corrected chi connectivity index (χ2v) is 7.26. The Morgan fingerprint density at radius 1 is 0.903 bits per heavy atom. The Morgan fingerprint density at radius 2 is 1.35 bits per heavy atom. The third-order valence-electron chi connectivity index (χ3n) is 4.02. The van der Waals surface area contributed by atoms with Gasteiger partial charge in [-0.3, -0.25) is 9.59 Å². The molecule has 2 saturated heterocycles. The van der Waals surface area contributed by atoms with Gasteiger partial charge in [0.15, 0.2) is 0 Å². The topological polar surface area (TPSA) is 144 Å². The number of rotatable bonds is 8. The fourth-order valence-electron chi connectivity index (χ4n) is 2.22. The van der Waals surface area contributed by atoms with Gasteiger partial charge in [0, 0.05) is 0 Å². The van der Waals surface area contributed by atoms with Gasteiger partial charge in [-0.25, -0.2) is 0 Å². The third kappa shape index (κ3) is 11.8. The van der Waals surface area contributed by atoms with E-state index in [1.807, 2.05) is 24.3 Å². The number of halogens is 1. The molecule has 2 atom stereocenters. The molecular weight excluding hydrogens is 424 g/mol. The minimum atomic E-state index is -0.386. The van der Waals surface area contributed by atoms with Gasteiger partial charge in [-0.1, -0.05) is 36.4 Å². The van der Waals surface area contributed by atoms with Crippen LogP contribution in [0.25, 0.3) is 0 Å². The van der Waals surface area contributed by atoms with E-state index < -0.39 is 0 Å². The van der Waals surface area contributed by atoms with Crippen molar-refractivity contribution in [3.05, 3.63) is 59.7 Å². The zero-order valence-corrected chi connectivity index (χ0v) is 17.8. The van der Waals surface area contributed by atoms with Crippen LogP contribution in [0.2, 0.25) is 0 Å². The molecule has 9 heteroatoms. The second-order valence-electron chi connectivity index (χ2n) is 6.95. The lowest BCUT2D eigenvalue weighted by atomic mass is 10.1. The number of benzene rings is 2. The Hall–Kier alpha value is -2.81. The molecule has 2 aromatic carbocycles. The van der Waals surface area contributed by atoms with E-state index >= 15 is 0 Å². The van der Waals surface area contributed by atoms with Crippen molar-refractivity contribution in [2.24, 2.45) is 11.5 Å². The molecule has 8 nitrogen and oxygen atoms in total. The van der Waals surface area contributed by atoms with Crippen LogP contribution in [0.15, 0.2) is 48.5 Å². The van der Waals surface area contributed by atoms with Gasteiger partial charge in [0.2, 0.25) is 11.8 Å². The molecule has 0 unspecified atom stereocenters. The van der Waals surface area contributed by atoms with Crippen LogP contribution in [0.5, 0.6) is 11.5 Å². The maximum Gasteiger partial charge on any atom is 0.221 e. The lowest BCUT2D eigenvalue weighted by Gasteiger charge is -2.04. The van der Waals surface area contributed by atoms with Crippen LogP contribution in [0.4, 0.5) is 0 Å². The predicted octanol–water partition coefficient (Wildman–Crippen LogP) is 0.904. The lowest BCUT2D eigenvalue weighted by molar-refractivity contribution is -0.268. The van der Waals surface area contributed by atoms with Crippen molar-refractivity contribution in [2.75, 3.05) is 25.7 Å². The number of hydrogen-bond acceptors (Lipinski definition) is 6. The molecule has 0 radical (unpaired) electrons. The van der Waals surface area contributed by atoms with Crippen LogP contribution in [0, 0.1) is 0 Å². The fraction of sp³-hybridized carbons (Fsp3) is 0.364. The number of ether oxygens (including phenoxy) is 3. The van der Waals surface area contributed by atoms with Crippen LogP contribution >= 0.6 is 11.6 Å². The van der Waals surface area contributed by atoms with Crippen molar-refractivity contribution < 1.29 is 28.9 Å². The Kier molecular flexibility index (Phi) is 10.1. The summed E-state index contributed by atoms with van der Waals surface area (Å²) in [5.74, 6) is 0.690. The summed E-state index contributed by atoms with van der Waals surface area (Å²) in [5, 5.41) is 10.6. The Bertz CT molecular complexity index is 821. The molecule has 0 bridgehead atoms. The number of nitrogens with two attached hydrogens (primary N) is 2. The van der Waals surface area contributed by atoms with E-state index in [9.17, 15) is 14.7 Å².